The Bertz CT molecular complexity index is 1010. The second kappa shape index (κ2) is 6.96. The van der Waals surface area contributed by atoms with Crippen molar-refractivity contribution >= 4 is 11.5 Å². The SMILES string of the molecule is Cc1cc2nc(-c3ccccc3)cc(N[C@@H](C)Cc3cccnc3)n2n1. The van der Waals surface area contributed by atoms with E-state index in [0.717, 1.165) is 34.8 Å². The zero-order valence-corrected chi connectivity index (χ0v) is 14.9. The first-order valence-electron chi connectivity index (χ1n) is 8.77. The number of anilines is 1. The maximum Gasteiger partial charge on any atom is 0.158 e. The smallest absolute Gasteiger partial charge is 0.158 e. The normalized spacial score (nSPS) is 12.2. The summed E-state index contributed by atoms with van der Waals surface area (Å²) in [5, 5.41) is 8.18. The molecule has 0 bridgehead atoms. The third-order valence-corrected chi connectivity index (χ3v) is 4.28. The number of nitrogens with zero attached hydrogens (tertiary/aromatic N) is 4. The van der Waals surface area contributed by atoms with Gasteiger partial charge in [0.1, 0.15) is 5.82 Å². The molecule has 1 N–H and O–H groups in total. The molecule has 5 heteroatoms. The Hall–Kier alpha value is -3.21. The van der Waals surface area contributed by atoms with Gasteiger partial charge in [-0.05, 0) is 31.9 Å². The molecule has 4 rings (SSSR count). The van der Waals surface area contributed by atoms with Crippen LogP contribution in [0.15, 0.2) is 67.0 Å². The summed E-state index contributed by atoms with van der Waals surface area (Å²) in [6.07, 6.45) is 4.60. The fourth-order valence-electron chi connectivity index (χ4n) is 3.12. The Morgan fingerprint density at radius 1 is 1.08 bits per heavy atom. The quantitative estimate of drug-likeness (QED) is 0.592. The van der Waals surface area contributed by atoms with E-state index in [4.69, 9.17) is 4.98 Å². The fourth-order valence-corrected chi connectivity index (χ4v) is 3.12. The van der Waals surface area contributed by atoms with Crippen molar-refractivity contribution in [1.82, 2.24) is 19.6 Å². The van der Waals surface area contributed by atoms with Crippen LogP contribution in [0.1, 0.15) is 18.2 Å². The van der Waals surface area contributed by atoms with Crippen LogP contribution < -0.4 is 5.32 Å². The highest BCUT2D eigenvalue weighted by atomic mass is 15.3. The number of hydrogen-bond donors (Lipinski definition) is 1. The highest BCUT2D eigenvalue weighted by molar-refractivity contribution is 5.66. The number of aryl methyl sites for hydroxylation is 1. The molecule has 0 unspecified atom stereocenters. The number of pyridine rings is 1. The topological polar surface area (TPSA) is 55.1 Å². The molecule has 0 spiro atoms. The zero-order valence-electron chi connectivity index (χ0n) is 14.9. The van der Waals surface area contributed by atoms with E-state index in [1.54, 1.807) is 6.20 Å². The summed E-state index contributed by atoms with van der Waals surface area (Å²) >= 11 is 0. The van der Waals surface area contributed by atoms with Crippen LogP contribution in [-0.4, -0.2) is 25.6 Å². The number of fused-ring (bicyclic) bond motifs is 1. The van der Waals surface area contributed by atoms with Crippen molar-refractivity contribution in [2.24, 2.45) is 0 Å². The van der Waals surface area contributed by atoms with Crippen LogP contribution in [0, 0.1) is 6.92 Å². The van der Waals surface area contributed by atoms with Crippen LogP contribution in [-0.2, 0) is 6.42 Å². The maximum atomic E-state index is 4.77. The Morgan fingerprint density at radius 2 is 1.92 bits per heavy atom. The average Bonchev–Trinajstić information content (AvgIpc) is 3.04. The lowest BCUT2D eigenvalue weighted by Crippen LogP contribution is -2.20. The molecule has 26 heavy (non-hydrogen) atoms. The lowest BCUT2D eigenvalue weighted by molar-refractivity contribution is 0.767. The first-order valence-corrected chi connectivity index (χ1v) is 8.77. The molecule has 0 aliphatic carbocycles. The van der Waals surface area contributed by atoms with E-state index < -0.39 is 0 Å². The number of hydrogen-bond acceptors (Lipinski definition) is 4. The van der Waals surface area contributed by atoms with Crippen molar-refractivity contribution in [2.45, 2.75) is 26.3 Å². The van der Waals surface area contributed by atoms with E-state index >= 15 is 0 Å². The Kier molecular flexibility index (Phi) is 4.35. The second-order valence-corrected chi connectivity index (χ2v) is 6.56. The van der Waals surface area contributed by atoms with Gasteiger partial charge in [0.15, 0.2) is 5.65 Å². The van der Waals surface area contributed by atoms with Gasteiger partial charge in [0, 0.05) is 36.1 Å². The van der Waals surface area contributed by atoms with Crippen molar-refractivity contribution in [3.05, 3.63) is 78.2 Å². The van der Waals surface area contributed by atoms with Gasteiger partial charge in [0.05, 0.1) is 11.4 Å². The van der Waals surface area contributed by atoms with Gasteiger partial charge in [-0.1, -0.05) is 36.4 Å². The van der Waals surface area contributed by atoms with Gasteiger partial charge in [0.2, 0.25) is 0 Å². The number of rotatable bonds is 5. The molecule has 0 radical (unpaired) electrons. The molecule has 3 aromatic heterocycles. The first kappa shape index (κ1) is 16.3. The second-order valence-electron chi connectivity index (χ2n) is 6.56. The number of nitrogens with one attached hydrogen (secondary N) is 1. The third kappa shape index (κ3) is 3.42. The molecule has 0 aliphatic heterocycles. The van der Waals surface area contributed by atoms with Crippen molar-refractivity contribution < 1.29 is 0 Å². The average molecular weight is 343 g/mol. The van der Waals surface area contributed by atoms with Crippen molar-refractivity contribution in [2.75, 3.05) is 5.32 Å². The Labute approximate surface area is 152 Å². The third-order valence-electron chi connectivity index (χ3n) is 4.28. The van der Waals surface area contributed by atoms with E-state index in [1.807, 2.05) is 48.0 Å². The van der Waals surface area contributed by atoms with Crippen LogP contribution >= 0.6 is 0 Å². The highest BCUT2D eigenvalue weighted by Crippen LogP contribution is 2.23. The number of aromatic nitrogens is 4. The minimum absolute atomic E-state index is 0.234. The monoisotopic (exact) mass is 343 g/mol. The molecule has 1 atom stereocenters. The van der Waals surface area contributed by atoms with Crippen LogP contribution in [0.2, 0.25) is 0 Å². The molecular weight excluding hydrogens is 322 g/mol. The van der Waals surface area contributed by atoms with E-state index in [-0.39, 0.29) is 6.04 Å². The molecular formula is C21H21N5. The van der Waals surface area contributed by atoms with Crippen LogP contribution in [0.3, 0.4) is 0 Å². The van der Waals surface area contributed by atoms with E-state index in [9.17, 15) is 0 Å². The molecule has 0 saturated carbocycles. The van der Waals surface area contributed by atoms with Crippen molar-refractivity contribution in [1.29, 1.82) is 0 Å². The highest BCUT2D eigenvalue weighted by Gasteiger charge is 2.12. The molecule has 3 heterocycles. The lowest BCUT2D eigenvalue weighted by atomic mass is 10.1. The van der Waals surface area contributed by atoms with E-state index in [1.165, 1.54) is 5.56 Å². The minimum Gasteiger partial charge on any atom is -0.367 e. The molecule has 130 valence electrons. The summed E-state index contributed by atoms with van der Waals surface area (Å²) in [4.78, 5) is 8.97. The summed E-state index contributed by atoms with van der Waals surface area (Å²) in [5.74, 6) is 0.943. The molecule has 0 aliphatic rings. The molecule has 4 aromatic rings. The van der Waals surface area contributed by atoms with Crippen LogP contribution in [0.25, 0.3) is 16.9 Å². The Balaban J connectivity index is 1.68. The zero-order chi connectivity index (χ0) is 17.9. The van der Waals surface area contributed by atoms with Crippen molar-refractivity contribution in [3.8, 4) is 11.3 Å². The molecule has 5 nitrogen and oxygen atoms in total. The molecule has 0 fully saturated rings. The largest absolute Gasteiger partial charge is 0.367 e. The predicted molar refractivity (Wildman–Crippen MR) is 104 cm³/mol. The summed E-state index contributed by atoms with van der Waals surface area (Å²) in [5.41, 5.74) is 5.04. The summed E-state index contributed by atoms with van der Waals surface area (Å²) in [7, 11) is 0. The van der Waals surface area contributed by atoms with Crippen LogP contribution in [0.5, 0.6) is 0 Å². The summed E-state index contributed by atoms with van der Waals surface area (Å²) in [6, 6.07) is 18.6. The van der Waals surface area contributed by atoms with Crippen molar-refractivity contribution in [3.63, 3.8) is 0 Å². The molecule has 0 amide bonds. The number of benzene rings is 1. The predicted octanol–water partition coefficient (Wildman–Crippen LogP) is 4.14. The van der Waals surface area contributed by atoms with Gasteiger partial charge in [-0.25, -0.2) is 4.98 Å². The van der Waals surface area contributed by atoms with Gasteiger partial charge in [-0.2, -0.15) is 9.61 Å². The standard InChI is InChI=1S/C21H21N5/c1-15(11-17-7-6-10-22-14-17)23-21-13-19(18-8-4-3-5-9-18)24-20-12-16(2)25-26(20)21/h3-10,12-15,23H,11H2,1-2H3/t15-/m0/s1. The van der Waals surface area contributed by atoms with Crippen LogP contribution in [0.4, 0.5) is 5.82 Å². The summed E-state index contributed by atoms with van der Waals surface area (Å²) in [6.45, 7) is 4.15. The molecule has 1 aromatic carbocycles. The minimum atomic E-state index is 0.234. The van der Waals surface area contributed by atoms with Gasteiger partial charge >= 0.3 is 0 Å². The van der Waals surface area contributed by atoms with E-state index in [0.29, 0.717) is 0 Å². The fraction of sp³-hybridized carbons (Fsp3) is 0.190. The van der Waals surface area contributed by atoms with E-state index in [2.05, 4.69) is 46.6 Å². The van der Waals surface area contributed by atoms with Gasteiger partial charge in [-0.3, -0.25) is 4.98 Å². The van der Waals surface area contributed by atoms with Gasteiger partial charge in [-0.15, -0.1) is 0 Å². The maximum absolute atomic E-state index is 4.77. The van der Waals surface area contributed by atoms with Gasteiger partial charge in [0.25, 0.3) is 0 Å². The van der Waals surface area contributed by atoms with Gasteiger partial charge < -0.3 is 5.32 Å². The lowest BCUT2D eigenvalue weighted by Gasteiger charge is -2.17. The first-order chi connectivity index (χ1) is 12.7. The molecule has 0 saturated heterocycles. The summed E-state index contributed by atoms with van der Waals surface area (Å²) < 4.78 is 1.88. The Morgan fingerprint density at radius 3 is 2.69 bits per heavy atom.